The van der Waals surface area contributed by atoms with Crippen LogP contribution in [0, 0.1) is 17.8 Å². The maximum Gasteiger partial charge on any atom is 0.0108 e. The zero-order valence-electron chi connectivity index (χ0n) is 19.3. The number of fused-ring (bicyclic) bond motifs is 1. The summed E-state index contributed by atoms with van der Waals surface area (Å²) in [7, 11) is 0. The summed E-state index contributed by atoms with van der Waals surface area (Å²) in [4.78, 5) is 0. The van der Waals surface area contributed by atoms with Crippen LogP contribution in [0.15, 0.2) is 60.7 Å². The van der Waals surface area contributed by atoms with Gasteiger partial charge in [-0.2, -0.15) is 0 Å². The maximum absolute atomic E-state index is 6.01. The van der Waals surface area contributed by atoms with Crippen LogP contribution in [0.1, 0.15) is 94.1 Å². The molecule has 2 aromatic carbocycles. The van der Waals surface area contributed by atoms with Gasteiger partial charge in [0.2, 0.25) is 0 Å². The van der Waals surface area contributed by atoms with Gasteiger partial charge in [0.15, 0.2) is 0 Å². The van der Waals surface area contributed by atoms with Crippen molar-refractivity contribution in [1.29, 1.82) is 0 Å². The van der Waals surface area contributed by atoms with Crippen molar-refractivity contribution in [1.82, 2.24) is 0 Å². The number of halogens is 1. The standard InChI is InChI=1S/C12H16.C11H15N.C6H10.ClH/c1-10-6-5-9-12(10)11-7-3-2-4-8-11;12-11-8-4-7-10(11)9-5-2-1-3-6-9;1-2-5-4-6(5)3-1;/h2-4,7-8,10,12H,5-6,9H2,1H3;1-3,5-6,10-11H,4,7-8,12H2;5-6H,1-4H2;1H/t10-,12-;10-,11+;;/m10../s1. The molecule has 2 N–H and O–H groups in total. The molecule has 2 unspecified atom stereocenters. The Morgan fingerprint density at radius 1 is 0.613 bits per heavy atom. The van der Waals surface area contributed by atoms with Crippen LogP contribution in [-0.2, 0) is 0 Å². The van der Waals surface area contributed by atoms with Crippen molar-refractivity contribution in [2.24, 2.45) is 23.5 Å². The quantitative estimate of drug-likeness (QED) is 0.502. The highest BCUT2D eigenvalue weighted by molar-refractivity contribution is 5.85. The van der Waals surface area contributed by atoms with Crippen LogP contribution >= 0.6 is 12.4 Å². The van der Waals surface area contributed by atoms with Crippen LogP contribution in [0.25, 0.3) is 0 Å². The van der Waals surface area contributed by atoms with Gasteiger partial charge >= 0.3 is 0 Å². The van der Waals surface area contributed by atoms with Gasteiger partial charge in [-0.3, -0.25) is 0 Å². The monoisotopic (exact) mass is 439 g/mol. The van der Waals surface area contributed by atoms with Gasteiger partial charge in [-0.15, -0.1) is 12.4 Å². The van der Waals surface area contributed by atoms with Gasteiger partial charge in [-0.05, 0) is 66.4 Å². The van der Waals surface area contributed by atoms with Crippen molar-refractivity contribution in [2.45, 2.75) is 89.0 Å². The van der Waals surface area contributed by atoms with Gasteiger partial charge in [0.25, 0.3) is 0 Å². The zero-order chi connectivity index (χ0) is 20.8. The lowest BCUT2D eigenvalue weighted by molar-refractivity contribution is 0.533. The van der Waals surface area contributed by atoms with Gasteiger partial charge in [-0.25, -0.2) is 0 Å². The predicted octanol–water partition coefficient (Wildman–Crippen LogP) is 8.10. The predicted molar refractivity (Wildman–Crippen MR) is 136 cm³/mol. The average Bonchev–Trinajstić information content (AvgIpc) is 3.15. The average molecular weight is 440 g/mol. The van der Waals surface area contributed by atoms with E-state index >= 15 is 0 Å². The van der Waals surface area contributed by atoms with Gasteiger partial charge in [-0.1, -0.05) is 106 Å². The second-order valence-electron chi connectivity index (χ2n) is 10.2. The molecule has 170 valence electrons. The third kappa shape index (κ3) is 6.83. The molecule has 31 heavy (non-hydrogen) atoms. The lowest BCUT2D eigenvalue weighted by atomic mass is 9.90. The molecule has 6 rings (SSSR count). The third-order valence-corrected chi connectivity index (χ3v) is 8.11. The fourth-order valence-corrected chi connectivity index (χ4v) is 6.10. The first-order chi connectivity index (χ1) is 14.7. The third-order valence-electron chi connectivity index (χ3n) is 8.11. The van der Waals surface area contributed by atoms with E-state index in [0.29, 0.717) is 12.0 Å². The number of hydrogen-bond donors (Lipinski definition) is 1. The molecule has 0 aliphatic heterocycles. The first kappa shape index (κ1) is 24.3. The van der Waals surface area contributed by atoms with E-state index in [2.05, 4.69) is 67.6 Å². The Balaban J connectivity index is 0.000000136. The Bertz CT molecular complexity index is 682. The minimum Gasteiger partial charge on any atom is -0.327 e. The summed E-state index contributed by atoms with van der Waals surface area (Å²) in [6.07, 6.45) is 14.2. The molecular weight excluding hydrogens is 398 g/mol. The molecule has 4 saturated carbocycles. The number of benzene rings is 2. The number of nitrogens with two attached hydrogens (primary N) is 1. The summed E-state index contributed by atoms with van der Waals surface area (Å²) in [6, 6.07) is 22.0. The van der Waals surface area contributed by atoms with Crippen LogP contribution in [0.4, 0.5) is 0 Å². The molecule has 0 heterocycles. The molecule has 1 nitrogen and oxygen atoms in total. The lowest BCUT2D eigenvalue weighted by Gasteiger charge is -2.14. The van der Waals surface area contributed by atoms with Gasteiger partial charge < -0.3 is 5.73 Å². The zero-order valence-corrected chi connectivity index (χ0v) is 20.1. The molecule has 6 atom stereocenters. The fourth-order valence-electron chi connectivity index (χ4n) is 6.10. The van der Waals surface area contributed by atoms with Crippen LogP contribution in [0.2, 0.25) is 0 Å². The van der Waals surface area contributed by atoms with Gasteiger partial charge in [0, 0.05) is 6.04 Å². The van der Waals surface area contributed by atoms with Crippen molar-refractivity contribution in [2.75, 3.05) is 0 Å². The van der Waals surface area contributed by atoms with Crippen molar-refractivity contribution < 1.29 is 0 Å². The Morgan fingerprint density at radius 2 is 1.10 bits per heavy atom. The van der Waals surface area contributed by atoms with E-state index in [-0.39, 0.29) is 12.4 Å². The minimum absolute atomic E-state index is 0. The first-order valence-electron chi connectivity index (χ1n) is 12.6. The highest BCUT2D eigenvalue weighted by atomic mass is 35.5. The Kier molecular flexibility index (Phi) is 9.48. The van der Waals surface area contributed by atoms with Crippen molar-refractivity contribution in [3.8, 4) is 0 Å². The van der Waals surface area contributed by atoms with E-state index in [4.69, 9.17) is 5.73 Å². The molecule has 4 fully saturated rings. The summed E-state index contributed by atoms with van der Waals surface area (Å²) in [5.74, 6) is 4.78. The topological polar surface area (TPSA) is 26.0 Å². The lowest BCUT2D eigenvalue weighted by Crippen LogP contribution is -2.22. The van der Waals surface area contributed by atoms with E-state index in [9.17, 15) is 0 Å². The van der Waals surface area contributed by atoms with E-state index in [0.717, 1.165) is 11.8 Å². The van der Waals surface area contributed by atoms with Crippen molar-refractivity contribution in [3.63, 3.8) is 0 Å². The molecule has 0 saturated heterocycles. The number of rotatable bonds is 2. The number of hydrogen-bond acceptors (Lipinski definition) is 1. The molecular formula is C29H42ClN. The van der Waals surface area contributed by atoms with Crippen LogP contribution in [-0.4, -0.2) is 6.04 Å². The second-order valence-corrected chi connectivity index (χ2v) is 10.2. The molecule has 4 aliphatic rings. The molecule has 0 radical (unpaired) electrons. The molecule has 0 spiro atoms. The SMILES string of the molecule is C1CC2CC2C1.C[C@@H]1CCC[C@H]1c1ccccc1.Cl.N[C@@H]1CCC[C@H]1c1ccccc1. The Morgan fingerprint density at radius 3 is 1.48 bits per heavy atom. The van der Waals surface area contributed by atoms with E-state index < -0.39 is 0 Å². The summed E-state index contributed by atoms with van der Waals surface area (Å²) in [5.41, 5.74) is 8.97. The maximum atomic E-state index is 6.01. The Labute approximate surface area is 196 Å². The molecule has 2 heteroatoms. The first-order valence-corrected chi connectivity index (χ1v) is 12.6. The summed E-state index contributed by atoms with van der Waals surface area (Å²) >= 11 is 0. The summed E-state index contributed by atoms with van der Waals surface area (Å²) in [5, 5.41) is 0. The molecule has 0 amide bonds. The molecule has 0 aromatic heterocycles. The highest BCUT2D eigenvalue weighted by Gasteiger charge is 2.40. The van der Waals surface area contributed by atoms with Crippen molar-refractivity contribution >= 4 is 12.4 Å². The highest BCUT2D eigenvalue weighted by Crippen LogP contribution is 2.51. The van der Waals surface area contributed by atoms with Crippen LogP contribution in [0.3, 0.4) is 0 Å². The van der Waals surface area contributed by atoms with E-state index in [1.165, 1.54) is 62.3 Å². The smallest absolute Gasteiger partial charge is 0.0108 e. The Hall–Kier alpha value is -1.31. The summed E-state index contributed by atoms with van der Waals surface area (Å²) < 4.78 is 0. The largest absolute Gasteiger partial charge is 0.327 e. The molecule has 4 aliphatic carbocycles. The minimum atomic E-state index is 0. The van der Waals surface area contributed by atoms with Crippen LogP contribution < -0.4 is 5.73 Å². The second kappa shape index (κ2) is 12.1. The fraction of sp³-hybridized carbons (Fsp3) is 0.586. The van der Waals surface area contributed by atoms with E-state index in [1.54, 1.807) is 24.8 Å². The van der Waals surface area contributed by atoms with Crippen molar-refractivity contribution in [3.05, 3.63) is 71.8 Å². The summed E-state index contributed by atoms with van der Waals surface area (Å²) in [6.45, 7) is 2.38. The normalized spacial score (nSPS) is 32.6. The van der Waals surface area contributed by atoms with Gasteiger partial charge in [0.1, 0.15) is 0 Å². The molecule has 2 aromatic rings. The van der Waals surface area contributed by atoms with Crippen LogP contribution in [0.5, 0.6) is 0 Å². The van der Waals surface area contributed by atoms with E-state index in [1.807, 2.05) is 0 Å². The van der Waals surface area contributed by atoms with Gasteiger partial charge in [0.05, 0.1) is 0 Å². The molecule has 0 bridgehead atoms.